The van der Waals surface area contributed by atoms with E-state index in [1.165, 1.54) is 25.7 Å². The Bertz CT molecular complexity index is 1070. The van der Waals surface area contributed by atoms with Gasteiger partial charge in [0.1, 0.15) is 12.2 Å². The van der Waals surface area contributed by atoms with Gasteiger partial charge in [-0.1, -0.05) is 13.8 Å². The molecule has 6 rings (SSSR count). The normalized spacial score (nSPS) is 44.2. The highest BCUT2D eigenvalue weighted by molar-refractivity contribution is 5.66. The van der Waals surface area contributed by atoms with Crippen LogP contribution in [0.15, 0.2) is 0 Å². The highest BCUT2D eigenvalue weighted by Gasteiger charge is 2.65. The maximum Gasteiger partial charge on any atom is 0.302 e. The zero-order valence-electron chi connectivity index (χ0n) is 29.4. The minimum atomic E-state index is -0.123. The van der Waals surface area contributed by atoms with Crippen molar-refractivity contribution in [1.82, 2.24) is 9.80 Å². The molecule has 2 aliphatic heterocycles. The summed E-state index contributed by atoms with van der Waals surface area (Å²) in [7, 11) is 9.36. The molecule has 0 spiro atoms. The number of nitrogens with zero attached hydrogens (tertiary/aromatic N) is 4. The number of ether oxygens (including phenoxy) is 2. The van der Waals surface area contributed by atoms with Gasteiger partial charge < -0.3 is 52.4 Å². The number of piperazine rings is 2. The average Bonchev–Trinajstić information content (AvgIpc) is 3.20. The maximum absolute atomic E-state index is 12.5. The van der Waals surface area contributed by atoms with Crippen molar-refractivity contribution in [2.45, 2.75) is 96.9 Å². The van der Waals surface area contributed by atoms with Gasteiger partial charge in [-0.15, -0.1) is 0 Å². The zero-order chi connectivity index (χ0) is 30.9. The van der Waals surface area contributed by atoms with Gasteiger partial charge >= 0.3 is 11.9 Å². The van der Waals surface area contributed by atoms with Gasteiger partial charge in [-0.3, -0.25) is 19.4 Å². The van der Waals surface area contributed by atoms with Gasteiger partial charge in [-0.25, -0.2) is 0 Å². The molecule has 2 heterocycles. The van der Waals surface area contributed by atoms with E-state index < -0.39 is 0 Å². The molecule has 45 heavy (non-hydrogen) atoms. The smallest absolute Gasteiger partial charge is 0.302 e. The molecule has 1 unspecified atom stereocenters. The highest BCUT2D eigenvalue weighted by Crippen LogP contribution is 2.67. The first-order valence-corrected chi connectivity index (χ1v) is 17.6. The lowest BCUT2D eigenvalue weighted by atomic mass is 9.44. The molecule has 0 radical (unpaired) electrons. The van der Waals surface area contributed by atoms with Crippen LogP contribution in [-0.2, 0) is 19.1 Å². The van der Waals surface area contributed by atoms with E-state index in [0.717, 1.165) is 80.6 Å². The van der Waals surface area contributed by atoms with E-state index in [1.54, 1.807) is 13.8 Å². The van der Waals surface area contributed by atoms with Gasteiger partial charge in [-0.2, -0.15) is 0 Å². The van der Waals surface area contributed by atoms with Crippen LogP contribution in [-0.4, -0.2) is 136 Å². The molecule has 8 nitrogen and oxygen atoms in total. The van der Waals surface area contributed by atoms with Gasteiger partial charge in [0.2, 0.25) is 0 Å². The molecule has 0 aromatic rings. The number of hydrogen-bond acceptors (Lipinski definition) is 6. The average molecular weight is 763 g/mol. The second-order valence-corrected chi connectivity index (χ2v) is 17.5. The molecule has 0 aromatic carbocycles. The lowest BCUT2D eigenvalue weighted by Crippen LogP contribution is -3.00. The lowest BCUT2D eigenvalue weighted by molar-refractivity contribution is -0.894. The summed E-state index contributed by atoms with van der Waals surface area (Å²) < 4.78 is 14.6. The lowest BCUT2D eigenvalue weighted by Gasteiger charge is -2.62. The number of rotatable bonds is 4. The third-order valence-electron chi connectivity index (χ3n) is 14.1. The molecule has 0 aromatic heterocycles. The summed E-state index contributed by atoms with van der Waals surface area (Å²) in [6.07, 6.45) is 8.22. The Kier molecular flexibility index (Phi) is 11.3. The molecule has 10 atom stereocenters. The summed E-state index contributed by atoms with van der Waals surface area (Å²) in [4.78, 5) is 30.2. The van der Waals surface area contributed by atoms with Crippen LogP contribution in [0.4, 0.5) is 0 Å². The first-order chi connectivity index (χ1) is 20.1. The SMILES string of the molecule is CC(=O)OC1[C@@H](N2CC[N+](C)(C)CC2)C[C@H]2[C@@H]3CC[C@H]4C[C@H](OC(C)=O)[C@@H](N5CC[N+](C)(C)CC5)C[C@]4(C)[C@H]3CC[C@]12C.[Br-].[Br-]. The first kappa shape index (κ1) is 37.6. The number of quaternary nitrogens is 2. The van der Waals surface area contributed by atoms with Gasteiger partial charge in [0, 0.05) is 57.5 Å². The van der Waals surface area contributed by atoms with Crippen LogP contribution < -0.4 is 34.0 Å². The predicted octanol–water partition coefficient (Wildman–Crippen LogP) is -2.36. The van der Waals surface area contributed by atoms with Crippen molar-refractivity contribution in [2.75, 3.05) is 80.5 Å². The molecule has 4 saturated carbocycles. The van der Waals surface area contributed by atoms with E-state index in [-0.39, 0.29) is 68.9 Å². The van der Waals surface area contributed by atoms with Gasteiger partial charge in [-0.05, 0) is 74.0 Å². The number of esters is 2. The predicted molar refractivity (Wildman–Crippen MR) is 168 cm³/mol. The van der Waals surface area contributed by atoms with Crippen molar-refractivity contribution in [3.05, 3.63) is 0 Å². The molecular formula is C35H62Br2N4O4. The number of halogens is 2. The molecule has 260 valence electrons. The van der Waals surface area contributed by atoms with Gasteiger partial charge in [0.05, 0.1) is 54.4 Å². The van der Waals surface area contributed by atoms with Crippen molar-refractivity contribution in [1.29, 1.82) is 0 Å². The number of likely N-dealkylation sites (N-methyl/N-ethyl adjacent to an activating group) is 2. The van der Waals surface area contributed by atoms with E-state index in [4.69, 9.17) is 9.47 Å². The van der Waals surface area contributed by atoms with Crippen LogP contribution in [0.1, 0.15) is 72.6 Å². The van der Waals surface area contributed by atoms with Crippen LogP contribution in [0, 0.1) is 34.5 Å². The molecular weight excluding hydrogens is 700 g/mol. The van der Waals surface area contributed by atoms with Crippen molar-refractivity contribution >= 4 is 11.9 Å². The van der Waals surface area contributed by atoms with E-state index in [2.05, 4.69) is 51.8 Å². The summed E-state index contributed by atoms with van der Waals surface area (Å²) >= 11 is 0. The summed E-state index contributed by atoms with van der Waals surface area (Å²) in [6, 6.07) is 0.656. The number of carbonyl (C=O) groups excluding carboxylic acids is 2. The first-order valence-electron chi connectivity index (χ1n) is 17.6. The fraction of sp³-hybridized carbons (Fsp3) is 0.943. The third kappa shape index (κ3) is 7.08. The van der Waals surface area contributed by atoms with Crippen molar-refractivity contribution < 1.29 is 62.0 Å². The number of hydrogen-bond donors (Lipinski definition) is 0. The fourth-order valence-electron chi connectivity index (χ4n) is 11.4. The molecule has 0 amide bonds. The Labute approximate surface area is 294 Å². The Morgan fingerprint density at radius 1 is 0.689 bits per heavy atom. The Morgan fingerprint density at radius 2 is 1.22 bits per heavy atom. The highest BCUT2D eigenvalue weighted by atomic mass is 79.9. The van der Waals surface area contributed by atoms with Gasteiger partial charge in [0.25, 0.3) is 0 Å². The van der Waals surface area contributed by atoms with Crippen LogP contribution >= 0.6 is 0 Å². The molecule has 10 heteroatoms. The van der Waals surface area contributed by atoms with E-state index in [1.807, 2.05) is 0 Å². The minimum Gasteiger partial charge on any atom is -1.00 e. The Balaban J connectivity index is 0.00000230. The second kappa shape index (κ2) is 13.6. The van der Waals surface area contributed by atoms with Crippen LogP contribution in [0.25, 0.3) is 0 Å². The summed E-state index contributed by atoms with van der Waals surface area (Å²) in [6.45, 7) is 17.3. The van der Waals surface area contributed by atoms with E-state index in [0.29, 0.717) is 35.8 Å². The molecule has 4 aliphatic carbocycles. The maximum atomic E-state index is 12.5. The van der Waals surface area contributed by atoms with Crippen molar-refractivity contribution in [3.63, 3.8) is 0 Å². The standard InChI is InChI=1S/C35H62N4O4.2BrH/c1-24(40)42-32-21-26-9-10-27-28(35(26,4)23-31(32)37-15-19-39(7,8)20-16-37)11-12-34(3)29(27)22-30(33(34)43-25(2)41)36-13-17-38(5,6)18-14-36;;/h26-33H,9-23H2,1-8H3;2*1H/q+2;;/p-2/t26-,27+,28-,29-,30-,31-,32-,33?,34-,35-;;/m0../s1. The van der Waals surface area contributed by atoms with Crippen molar-refractivity contribution in [2.24, 2.45) is 34.5 Å². The molecule has 0 bridgehead atoms. The summed E-state index contributed by atoms with van der Waals surface area (Å²) in [5.74, 6) is 2.35. The zero-order valence-corrected chi connectivity index (χ0v) is 32.6. The van der Waals surface area contributed by atoms with E-state index >= 15 is 0 Å². The van der Waals surface area contributed by atoms with Crippen LogP contribution in [0.5, 0.6) is 0 Å². The fourth-order valence-corrected chi connectivity index (χ4v) is 11.4. The Morgan fingerprint density at radius 3 is 1.76 bits per heavy atom. The quantitative estimate of drug-likeness (QED) is 0.237. The van der Waals surface area contributed by atoms with Gasteiger partial charge in [0.15, 0.2) is 0 Å². The molecule has 2 saturated heterocycles. The minimum absolute atomic E-state index is 0. The number of carbonyl (C=O) groups is 2. The largest absolute Gasteiger partial charge is 1.00 e. The monoisotopic (exact) mass is 760 g/mol. The topological polar surface area (TPSA) is 59.1 Å². The Hall–Kier alpha value is -0.260. The molecule has 0 N–H and O–H groups in total. The van der Waals surface area contributed by atoms with Crippen LogP contribution in [0.2, 0.25) is 0 Å². The second-order valence-electron chi connectivity index (χ2n) is 17.5. The summed E-state index contributed by atoms with van der Waals surface area (Å²) in [5.41, 5.74) is 0.308. The van der Waals surface area contributed by atoms with Crippen LogP contribution in [0.3, 0.4) is 0 Å². The van der Waals surface area contributed by atoms with Crippen molar-refractivity contribution in [3.8, 4) is 0 Å². The van der Waals surface area contributed by atoms with E-state index in [9.17, 15) is 9.59 Å². The number of fused-ring (bicyclic) bond motifs is 5. The third-order valence-corrected chi connectivity index (χ3v) is 14.1. The summed E-state index contributed by atoms with van der Waals surface area (Å²) in [5, 5.41) is 0. The molecule has 6 fully saturated rings. The molecule has 6 aliphatic rings.